The summed E-state index contributed by atoms with van der Waals surface area (Å²) >= 11 is 0. The molecule has 2 rings (SSSR count). The van der Waals surface area contributed by atoms with Gasteiger partial charge >= 0.3 is 0 Å². The maximum Gasteiger partial charge on any atom is 0.191 e. The Labute approximate surface area is 177 Å². The number of aliphatic imine (C=N–C) groups is 1. The lowest BCUT2D eigenvalue weighted by molar-refractivity contribution is 0.386. The minimum Gasteiger partial charge on any atom is -0.494 e. The first-order chi connectivity index (χ1) is 12.5. The second-order valence-corrected chi connectivity index (χ2v) is 6.07. The molecule has 0 bridgehead atoms. The summed E-state index contributed by atoms with van der Waals surface area (Å²) in [5.74, 6) is 1.38. The first-order valence-electron chi connectivity index (χ1n) is 8.76. The number of halogens is 2. The number of methoxy groups -OCH3 is 1. The van der Waals surface area contributed by atoms with Gasteiger partial charge in [-0.3, -0.25) is 4.99 Å². The van der Waals surface area contributed by atoms with Crippen LogP contribution in [0.2, 0.25) is 0 Å². The quantitative estimate of drug-likeness (QED) is 0.350. The SMILES string of the molecule is CCNC(=NCCc1c(C)noc1C)NC(C)c1ccc(OC)c(F)c1.I. The van der Waals surface area contributed by atoms with E-state index in [1.54, 1.807) is 6.07 Å². The molecule has 8 heteroatoms. The average molecular weight is 490 g/mol. The number of hydrogen-bond donors (Lipinski definition) is 2. The summed E-state index contributed by atoms with van der Waals surface area (Å²) in [7, 11) is 1.45. The Morgan fingerprint density at radius 2 is 2.11 bits per heavy atom. The molecule has 0 saturated carbocycles. The molecule has 0 aliphatic carbocycles. The molecule has 1 atom stereocenters. The van der Waals surface area contributed by atoms with Gasteiger partial charge in [0.05, 0.1) is 18.8 Å². The lowest BCUT2D eigenvalue weighted by Crippen LogP contribution is -2.39. The van der Waals surface area contributed by atoms with Crippen molar-refractivity contribution in [3.8, 4) is 5.75 Å². The normalized spacial score (nSPS) is 12.3. The van der Waals surface area contributed by atoms with Crippen LogP contribution < -0.4 is 15.4 Å². The second kappa shape index (κ2) is 11.1. The number of guanidine groups is 1. The van der Waals surface area contributed by atoms with Crippen molar-refractivity contribution in [2.75, 3.05) is 20.2 Å². The molecular formula is C19H28FIN4O2. The molecular weight excluding hydrogens is 462 g/mol. The predicted octanol–water partition coefficient (Wildman–Crippen LogP) is 3.92. The summed E-state index contributed by atoms with van der Waals surface area (Å²) in [6.45, 7) is 9.14. The average Bonchev–Trinajstić information content (AvgIpc) is 2.93. The van der Waals surface area contributed by atoms with Gasteiger partial charge in [0.25, 0.3) is 0 Å². The van der Waals surface area contributed by atoms with Crippen molar-refractivity contribution in [2.45, 2.75) is 40.2 Å². The summed E-state index contributed by atoms with van der Waals surface area (Å²) in [5, 5.41) is 10.5. The number of hydrogen-bond acceptors (Lipinski definition) is 4. The van der Waals surface area contributed by atoms with Crippen LogP contribution in [0.25, 0.3) is 0 Å². The van der Waals surface area contributed by atoms with Gasteiger partial charge in [-0.25, -0.2) is 4.39 Å². The van der Waals surface area contributed by atoms with E-state index in [0.29, 0.717) is 12.5 Å². The van der Waals surface area contributed by atoms with E-state index in [9.17, 15) is 4.39 Å². The Morgan fingerprint density at radius 1 is 1.37 bits per heavy atom. The zero-order valence-electron chi connectivity index (χ0n) is 16.4. The van der Waals surface area contributed by atoms with Crippen LogP contribution in [0.5, 0.6) is 5.75 Å². The van der Waals surface area contributed by atoms with Crippen molar-refractivity contribution in [1.82, 2.24) is 15.8 Å². The van der Waals surface area contributed by atoms with Crippen molar-refractivity contribution >= 4 is 29.9 Å². The molecule has 0 amide bonds. The summed E-state index contributed by atoms with van der Waals surface area (Å²) in [4.78, 5) is 4.60. The third kappa shape index (κ3) is 6.37. The van der Waals surface area contributed by atoms with Gasteiger partial charge in [-0.05, 0) is 51.8 Å². The summed E-state index contributed by atoms with van der Waals surface area (Å²) in [6.07, 6.45) is 0.753. The largest absolute Gasteiger partial charge is 0.494 e. The van der Waals surface area contributed by atoms with Crippen LogP contribution in [0.15, 0.2) is 27.7 Å². The van der Waals surface area contributed by atoms with E-state index in [1.807, 2.05) is 33.8 Å². The number of nitrogens with zero attached hydrogens (tertiary/aromatic N) is 2. The first-order valence-corrected chi connectivity index (χ1v) is 8.76. The lowest BCUT2D eigenvalue weighted by Gasteiger charge is -2.18. The summed E-state index contributed by atoms with van der Waals surface area (Å²) in [5.41, 5.74) is 2.81. The van der Waals surface area contributed by atoms with Crippen molar-refractivity contribution < 1.29 is 13.7 Å². The molecule has 1 aromatic carbocycles. The molecule has 0 fully saturated rings. The van der Waals surface area contributed by atoms with Gasteiger partial charge in [0.2, 0.25) is 0 Å². The highest BCUT2D eigenvalue weighted by Gasteiger charge is 2.12. The number of aryl methyl sites for hydroxylation is 2. The van der Waals surface area contributed by atoms with Gasteiger partial charge in [0.1, 0.15) is 5.76 Å². The van der Waals surface area contributed by atoms with Gasteiger partial charge < -0.3 is 19.9 Å². The fourth-order valence-corrected chi connectivity index (χ4v) is 2.70. The molecule has 0 spiro atoms. The summed E-state index contributed by atoms with van der Waals surface area (Å²) < 4.78 is 24.1. The smallest absolute Gasteiger partial charge is 0.191 e. The number of benzene rings is 1. The highest BCUT2D eigenvalue weighted by Crippen LogP contribution is 2.21. The number of nitrogens with one attached hydrogen (secondary N) is 2. The number of rotatable bonds is 7. The van der Waals surface area contributed by atoms with E-state index in [1.165, 1.54) is 13.2 Å². The Kier molecular flexibility index (Phi) is 9.54. The molecule has 1 aromatic heterocycles. The van der Waals surface area contributed by atoms with Gasteiger partial charge in [-0.15, -0.1) is 24.0 Å². The van der Waals surface area contributed by atoms with E-state index >= 15 is 0 Å². The van der Waals surface area contributed by atoms with Gasteiger partial charge in [-0.1, -0.05) is 11.2 Å². The Morgan fingerprint density at radius 3 is 2.67 bits per heavy atom. The Balaban J connectivity index is 0.00000364. The van der Waals surface area contributed by atoms with Gasteiger partial charge in [0.15, 0.2) is 17.5 Å². The molecule has 1 unspecified atom stereocenters. The van der Waals surface area contributed by atoms with E-state index in [2.05, 4.69) is 20.8 Å². The lowest BCUT2D eigenvalue weighted by atomic mass is 10.1. The fourth-order valence-electron chi connectivity index (χ4n) is 2.70. The minimum absolute atomic E-state index is 0. The van der Waals surface area contributed by atoms with Gasteiger partial charge in [0, 0.05) is 18.7 Å². The van der Waals surface area contributed by atoms with E-state index in [4.69, 9.17) is 9.26 Å². The molecule has 0 aliphatic rings. The Hall–Kier alpha value is -1.84. The molecule has 0 saturated heterocycles. The maximum absolute atomic E-state index is 13.9. The molecule has 150 valence electrons. The van der Waals surface area contributed by atoms with Crippen LogP contribution in [-0.4, -0.2) is 31.3 Å². The van der Waals surface area contributed by atoms with Crippen molar-refractivity contribution in [3.05, 3.63) is 46.6 Å². The van der Waals surface area contributed by atoms with E-state index < -0.39 is 0 Å². The zero-order chi connectivity index (χ0) is 19.1. The molecule has 2 N–H and O–H groups in total. The van der Waals surface area contributed by atoms with Gasteiger partial charge in [-0.2, -0.15) is 0 Å². The highest BCUT2D eigenvalue weighted by molar-refractivity contribution is 14.0. The first kappa shape index (κ1) is 23.2. The van der Waals surface area contributed by atoms with Crippen LogP contribution in [0.1, 0.15) is 42.5 Å². The highest BCUT2D eigenvalue weighted by atomic mass is 127. The molecule has 2 aromatic rings. The molecule has 6 nitrogen and oxygen atoms in total. The fraction of sp³-hybridized carbons (Fsp3) is 0.474. The predicted molar refractivity (Wildman–Crippen MR) is 116 cm³/mol. The zero-order valence-corrected chi connectivity index (χ0v) is 18.8. The third-order valence-corrected chi connectivity index (χ3v) is 4.19. The third-order valence-electron chi connectivity index (χ3n) is 4.19. The maximum atomic E-state index is 13.9. The van der Waals surface area contributed by atoms with Crippen LogP contribution in [-0.2, 0) is 6.42 Å². The van der Waals surface area contributed by atoms with Crippen LogP contribution >= 0.6 is 24.0 Å². The van der Waals surface area contributed by atoms with E-state index in [0.717, 1.165) is 35.5 Å². The molecule has 0 aliphatic heterocycles. The molecule has 0 radical (unpaired) electrons. The number of ether oxygens (including phenoxy) is 1. The van der Waals surface area contributed by atoms with Crippen LogP contribution in [0.4, 0.5) is 4.39 Å². The van der Waals surface area contributed by atoms with Crippen molar-refractivity contribution in [3.63, 3.8) is 0 Å². The van der Waals surface area contributed by atoms with Crippen molar-refractivity contribution in [1.29, 1.82) is 0 Å². The minimum atomic E-state index is -0.376. The Bertz CT molecular complexity index is 745. The van der Waals surface area contributed by atoms with E-state index in [-0.39, 0.29) is 41.6 Å². The summed E-state index contributed by atoms with van der Waals surface area (Å²) in [6, 6.07) is 4.84. The molecule has 1 heterocycles. The molecule has 27 heavy (non-hydrogen) atoms. The topological polar surface area (TPSA) is 71.7 Å². The van der Waals surface area contributed by atoms with Crippen LogP contribution in [0.3, 0.4) is 0 Å². The van der Waals surface area contributed by atoms with Crippen molar-refractivity contribution in [2.24, 2.45) is 4.99 Å². The van der Waals surface area contributed by atoms with Crippen LogP contribution in [0, 0.1) is 19.7 Å². The standard InChI is InChI=1S/C19H27FN4O2.HI/c1-6-21-19(22-10-9-16-13(3)24-26-14(16)4)23-12(2)15-7-8-18(25-5)17(20)11-15;/h7-8,11-12H,6,9-10H2,1-5H3,(H2,21,22,23);1H. The second-order valence-electron chi connectivity index (χ2n) is 6.07. The monoisotopic (exact) mass is 490 g/mol. The number of aromatic nitrogens is 1.